The number of carbonyl (C=O) groups excluding carboxylic acids is 1. The van der Waals surface area contributed by atoms with Gasteiger partial charge >= 0.3 is 0 Å². The third kappa shape index (κ3) is 3.98. The Morgan fingerprint density at radius 3 is 2.76 bits per heavy atom. The van der Waals surface area contributed by atoms with Gasteiger partial charge < -0.3 is 14.8 Å². The van der Waals surface area contributed by atoms with Gasteiger partial charge in [0.25, 0.3) is 5.91 Å². The summed E-state index contributed by atoms with van der Waals surface area (Å²) in [5.74, 6) is 6.55. The first-order chi connectivity index (χ1) is 10.1. The summed E-state index contributed by atoms with van der Waals surface area (Å²) in [5, 5.41) is 11.5. The first-order valence-electron chi connectivity index (χ1n) is 6.68. The molecule has 2 aromatic rings. The van der Waals surface area contributed by atoms with Crippen molar-refractivity contribution in [1.29, 1.82) is 0 Å². The molecule has 1 aromatic carbocycles. The third-order valence-electron chi connectivity index (χ3n) is 2.92. The van der Waals surface area contributed by atoms with E-state index in [1.807, 2.05) is 25.1 Å². The number of anilines is 1. The van der Waals surface area contributed by atoms with Crippen molar-refractivity contribution >= 4 is 11.6 Å². The number of rotatable bonds is 3. The van der Waals surface area contributed by atoms with Gasteiger partial charge in [-0.25, -0.2) is 0 Å². The lowest BCUT2D eigenvalue weighted by atomic mass is 10.1. The van der Waals surface area contributed by atoms with Gasteiger partial charge in [-0.2, -0.15) is 0 Å². The fourth-order valence-electron chi connectivity index (χ4n) is 1.80. The molecule has 1 amide bonds. The summed E-state index contributed by atoms with van der Waals surface area (Å²) in [6.45, 7) is 3.78. The normalized spacial score (nSPS) is 9.86. The van der Waals surface area contributed by atoms with Crippen molar-refractivity contribution in [3.05, 3.63) is 53.0 Å². The fourth-order valence-corrected chi connectivity index (χ4v) is 1.80. The van der Waals surface area contributed by atoms with Crippen molar-refractivity contribution in [2.45, 2.75) is 20.3 Å². The van der Waals surface area contributed by atoms with Gasteiger partial charge in [0.15, 0.2) is 5.76 Å². The van der Waals surface area contributed by atoms with Crippen molar-refractivity contribution in [2.75, 3.05) is 11.9 Å². The standard InChI is InChI=1S/C17H17NO3/c1-12-6-8-15(11-14(12)5-3-4-10-19)18-17(20)16-9-7-13(2)21-16/h6-9,11,19H,4,10H2,1-2H3,(H,18,20). The smallest absolute Gasteiger partial charge is 0.291 e. The molecule has 0 aliphatic heterocycles. The minimum absolute atomic E-state index is 0.0420. The van der Waals surface area contributed by atoms with E-state index in [2.05, 4.69) is 17.2 Å². The number of nitrogens with one attached hydrogen (secondary N) is 1. The Balaban J connectivity index is 2.16. The number of aliphatic hydroxyl groups is 1. The summed E-state index contributed by atoms with van der Waals surface area (Å²) in [5.41, 5.74) is 2.51. The summed E-state index contributed by atoms with van der Waals surface area (Å²) in [6.07, 6.45) is 0.432. The molecule has 2 rings (SSSR count). The maximum Gasteiger partial charge on any atom is 0.291 e. The minimum Gasteiger partial charge on any atom is -0.456 e. The second kappa shape index (κ2) is 6.78. The Kier molecular flexibility index (Phi) is 4.81. The van der Waals surface area contributed by atoms with Gasteiger partial charge in [-0.1, -0.05) is 17.9 Å². The molecule has 0 spiro atoms. The lowest BCUT2D eigenvalue weighted by molar-refractivity contribution is 0.0995. The number of hydrogen-bond donors (Lipinski definition) is 2. The van der Waals surface area contributed by atoms with E-state index < -0.39 is 0 Å². The van der Waals surface area contributed by atoms with E-state index in [1.165, 1.54) is 0 Å². The number of benzene rings is 1. The molecule has 0 aliphatic rings. The van der Waals surface area contributed by atoms with E-state index >= 15 is 0 Å². The molecule has 0 radical (unpaired) electrons. The maximum atomic E-state index is 12.0. The van der Waals surface area contributed by atoms with E-state index in [0.29, 0.717) is 17.9 Å². The topological polar surface area (TPSA) is 62.5 Å². The number of amides is 1. The van der Waals surface area contributed by atoms with Crippen LogP contribution >= 0.6 is 0 Å². The van der Waals surface area contributed by atoms with E-state index in [0.717, 1.165) is 11.1 Å². The number of furan rings is 1. The van der Waals surface area contributed by atoms with Gasteiger partial charge in [0.05, 0.1) is 6.61 Å². The number of aryl methyl sites for hydroxylation is 2. The molecular weight excluding hydrogens is 266 g/mol. The van der Waals surface area contributed by atoms with E-state index in [-0.39, 0.29) is 18.3 Å². The van der Waals surface area contributed by atoms with Gasteiger partial charge in [0, 0.05) is 17.7 Å². The lowest BCUT2D eigenvalue weighted by Gasteiger charge is -2.05. The molecular formula is C17H17NO3. The van der Waals surface area contributed by atoms with Crippen LogP contribution in [0.5, 0.6) is 0 Å². The average molecular weight is 283 g/mol. The van der Waals surface area contributed by atoms with Crippen LogP contribution in [0.3, 0.4) is 0 Å². The Bertz CT molecular complexity index is 704. The Morgan fingerprint density at radius 1 is 1.29 bits per heavy atom. The molecule has 0 saturated heterocycles. The third-order valence-corrected chi connectivity index (χ3v) is 2.92. The number of hydrogen-bond acceptors (Lipinski definition) is 3. The quantitative estimate of drug-likeness (QED) is 0.851. The predicted octanol–water partition coefficient (Wildman–Crippen LogP) is 2.88. The Labute approximate surface area is 123 Å². The van der Waals surface area contributed by atoms with E-state index in [9.17, 15) is 4.79 Å². The second-order valence-electron chi connectivity index (χ2n) is 4.67. The first-order valence-corrected chi connectivity index (χ1v) is 6.68. The van der Waals surface area contributed by atoms with Crippen LogP contribution in [0.25, 0.3) is 0 Å². The first kappa shape index (κ1) is 14.9. The van der Waals surface area contributed by atoms with Gasteiger partial charge in [-0.3, -0.25) is 4.79 Å². The number of aliphatic hydroxyl groups excluding tert-OH is 1. The molecule has 21 heavy (non-hydrogen) atoms. The van der Waals surface area contributed by atoms with Crippen LogP contribution in [0.1, 0.15) is 33.9 Å². The second-order valence-corrected chi connectivity index (χ2v) is 4.67. The van der Waals surface area contributed by atoms with Crippen LogP contribution < -0.4 is 5.32 Å². The van der Waals surface area contributed by atoms with Gasteiger partial charge in [-0.15, -0.1) is 0 Å². The molecule has 1 heterocycles. The van der Waals surface area contributed by atoms with E-state index in [4.69, 9.17) is 9.52 Å². The highest BCUT2D eigenvalue weighted by atomic mass is 16.3. The van der Waals surface area contributed by atoms with Crippen molar-refractivity contribution in [3.63, 3.8) is 0 Å². The fraction of sp³-hybridized carbons (Fsp3) is 0.235. The Morgan fingerprint density at radius 2 is 2.10 bits per heavy atom. The molecule has 0 atom stereocenters. The summed E-state index contributed by atoms with van der Waals surface area (Å²) in [7, 11) is 0. The largest absolute Gasteiger partial charge is 0.456 e. The monoisotopic (exact) mass is 283 g/mol. The molecule has 2 N–H and O–H groups in total. The summed E-state index contributed by atoms with van der Waals surface area (Å²) >= 11 is 0. The molecule has 0 saturated carbocycles. The molecule has 4 heteroatoms. The van der Waals surface area contributed by atoms with Gasteiger partial charge in [-0.05, 0) is 43.7 Å². The van der Waals surface area contributed by atoms with Gasteiger partial charge in [0.1, 0.15) is 5.76 Å². The van der Waals surface area contributed by atoms with Crippen LogP contribution in [0, 0.1) is 25.7 Å². The highest BCUT2D eigenvalue weighted by Gasteiger charge is 2.10. The minimum atomic E-state index is -0.291. The highest BCUT2D eigenvalue weighted by molar-refractivity contribution is 6.02. The van der Waals surface area contributed by atoms with Crippen LogP contribution in [0.2, 0.25) is 0 Å². The zero-order valence-corrected chi connectivity index (χ0v) is 12.1. The van der Waals surface area contributed by atoms with Crippen molar-refractivity contribution < 1.29 is 14.3 Å². The van der Waals surface area contributed by atoms with Crippen LogP contribution in [0.15, 0.2) is 34.7 Å². The van der Waals surface area contributed by atoms with Crippen LogP contribution in [0.4, 0.5) is 5.69 Å². The summed E-state index contributed by atoms with van der Waals surface area (Å²) in [6, 6.07) is 8.91. The van der Waals surface area contributed by atoms with Crippen molar-refractivity contribution in [2.24, 2.45) is 0 Å². The zero-order chi connectivity index (χ0) is 15.2. The molecule has 0 aliphatic carbocycles. The lowest BCUT2D eigenvalue weighted by Crippen LogP contribution is -2.11. The molecule has 108 valence electrons. The van der Waals surface area contributed by atoms with Gasteiger partial charge in [0.2, 0.25) is 0 Å². The maximum absolute atomic E-state index is 12.0. The molecule has 4 nitrogen and oxygen atoms in total. The molecule has 1 aromatic heterocycles. The number of carbonyl (C=O) groups is 1. The predicted molar refractivity (Wildman–Crippen MR) is 81.2 cm³/mol. The van der Waals surface area contributed by atoms with E-state index in [1.54, 1.807) is 19.1 Å². The SMILES string of the molecule is Cc1ccc(C(=O)Nc2ccc(C)c(C#CCCO)c2)o1. The average Bonchev–Trinajstić information content (AvgIpc) is 2.89. The summed E-state index contributed by atoms with van der Waals surface area (Å²) in [4.78, 5) is 12.0. The highest BCUT2D eigenvalue weighted by Crippen LogP contribution is 2.16. The van der Waals surface area contributed by atoms with Crippen molar-refractivity contribution in [1.82, 2.24) is 0 Å². The molecule has 0 fully saturated rings. The molecule has 0 unspecified atom stereocenters. The zero-order valence-electron chi connectivity index (χ0n) is 12.1. The van der Waals surface area contributed by atoms with Crippen LogP contribution in [-0.4, -0.2) is 17.6 Å². The summed E-state index contributed by atoms with van der Waals surface area (Å²) < 4.78 is 5.28. The van der Waals surface area contributed by atoms with Crippen LogP contribution in [-0.2, 0) is 0 Å². The molecule has 0 bridgehead atoms. The van der Waals surface area contributed by atoms with Crippen molar-refractivity contribution in [3.8, 4) is 11.8 Å². The Hall–Kier alpha value is -2.51.